The molecule has 0 radical (unpaired) electrons. The van der Waals surface area contributed by atoms with Gasteiger partial charge in [-0.05, 0) is 57.3 Å². The van der Waals surface area contributed by atoms with E-state index in [-0.39, 0.29) is 11.3 Å². The lowest BCUT2D eigenvalue weighted by molar-refractivity contribution is -0.132. The van der Waals surface area contributed by atoms with E-state index in [2.05, 4.69) is 31.4 Å². The van der Waals surface area contributed by atoms with Crippen molar-refractivity contribution in [2.75, 3.05) is 45.9 Å². The first-order chi connectivity index (χ1) is 13.6. The number of hydrogen-bond acceptors (Lipinski definition) is 3. The van der Waals surface area contributed by atoms with Crippen LogP contribution in [0.1, 0.15) is 72.1 Å². The number of carbonyl (C=O) groups is 1. The van der Waals surface area contributed by atoms with Crippen molar-refractivity contribution in [3.8, 4) is 0 Å². The smallest absolute Gasteiger partial charge is 0.224 e. The first kappa shape index (κ1) is 23.0. The normalized spacial score (nSPS) is 22.3. The van der Waals surface area contributed by atoms with Crippen molar-refractivity contribution in [1.82, 2.24) is 15.5 Å². The van der Waals surface area contributed by atoms with Crippen molar-refractivity contribution in [3.63, 3.8) is 0 Å². The number of ether oxygens (including phenoxy) is 1. The molecule has 28 heavy (non-hydrogen) atoms. The summed E-state index contributed by atoms with van der Waals surface area (Å²) in [5.41, 5.74) is 0.289. The topological polar surface area (TPSA) is 66.0 Å². The summed E-state index contributed by atoms with van der Waals surface area (Å²) in [6, 6.07) is 0. The van der Waals surface area contributed by atoms with Crippen LogP contribution in [0.4, 0.5) is 0 Å². The van der Waals surface area contributed by atoms with Crippen molar-refractivity contribution in [1.29, 1.82) is 0 Å². The average Bonchev–Trinajstić information content (AvgIpc) is 3.15. The van der Waals surface area contributed by atoms with Crippen molar-refractivity contribution in [2.24, 2.45) is 16.3 Å². The molecular weight excluding hydrogens is 352 g/mol. The fourth-order valence-corrected chi connectivity index (χ4v) is 4.50. The average molecular weight is 395 g/mol. The Kier molecular flexibility index (Phi) is 10.1. The number of nitrogens with zero attached hydrogens (tertiary/aromatic N) is 2. The predicted molar refractivity (Wildman–Crippen MR) is 116 cm³/mol. The van der Waals surface area contributed by atoms with Crippen molar-refractivity contribution in [3.05, 3.63) is 0 Å². The van der Waals surface area contributed by atoms with E-state index in [0.717, 1.165) is 58.2 Å². The van der Waals surface area contributed by atoms with Crippen LogP contribution in [0.25, 0.3) is 0 Å². The number of guanidine groups is 1. The van der Waals surface area contributed by atoms with E-state index in [4.69, 9.17) is 9.73 Å². The van der Waals surface area contributed by atoms with Gasteiger partial charge in [-0.15, -0.1) is 0 Å². The molecule has 2 rings (SSSR count). The van der Waals surface area contributed by atoms with Gasteiger partial charge in [0.05, 0.1) is 0 Å². The number of hydrogen-bond donors (Lipinski definition) is 2. The molecular formula is C22H42N4O2. The Morgan fingerprint density at radius 2 is 2.00 bits per heavy atom. The van der Waals surface area contributed by atoms with Gasteiger partial charge in [0.1, 0.15) is 0 Å². The maximum absolute atomic E-state index is 12.5. The van der Waals surface area contributed by atoms with E-state index in [1.54, 1.807) is 0 Å². The van der Waals surface area contributed by atoms with Gasteiger partial charge in [0, 0.05) is 52.4 Å². The zero-order chi connectivity index (χ0) is 20.2. The zero-order valence-corrected chi connectivity index (χ0v) is 18.4. The molecule has 6 nitrogen and oxygen atoms in total. The predicted octanol–water partition coefficient (Wildman–Crippen LogP) is 3.18. The van der Waals surface area contributed by atoms with E-state index in [1.165, 1.54) is 32.1 Å². The van der Waals surface area contributed by atoms with Crippen LogP contribution in [0, 0.1) is 11.3 Å². The molecule has 2 fully saturated rings. The van der Waals surface area contributed by atoms with E-state index in [0.29, 0.717) is 18.9 Å². The summed E-state index contributed by atoms with van der Waals surface area (Å²) in [5, 5.41) is 6.70. The maximum Gasteiger partial charge on any atom is 0.224 e. The molecule has 162 valence electrons. The Hall–Kier alpha value is -1.30. The molecule has 1 heterocycles. The molecule has 1 unspecified atom stereocenters. The molecule has 1 saturated heterocycles. The number of likely N-dealkylation sites (tertiary alicyclic amines) is 1. The summed E-state index contributed by atoms with van der Waals surface area (Å²) in [6.45, 7) is 12.1. The van der Waals surface area contributed by atoms with Crippen LogP contribution in [-0.4, -0.2) is 62.7 Å². The van der Waals surface area contributed by atoms with Gasteiger partial charge in [-0.1, -0.05) is 19.8 Å². The highest BCUT2D eigenvalue weighted by Crippen LogP contribution is 2.41. The van der Waals surface area contributed by atoms with Crippen molar-refractivity contribution >= 4 is 11.9 Å². The fourth-order valence-electron chi connectivity index (χ4n) is 4.50. The Labute approximate surface area is 171 Å². The zero-order valence-electron chi connectivity index (χ0n) is 18.4. The lowest BCUT2D eigenvalue weighted by Crippen LogP contribution is -2.43. The van der Waals surface area contributed by atoms with Gasteiger partial charge in [-0.3, -0.25) is 9.79 Å². The van der Waals surface area contributed by atoms with Gasteiger partial charge in [0.15, 0.2) is 5.96 Å². The summed E-state index contributed by atoms with van der Waals surface area (Å²) < 4.78 is 5.61. The summed E-state index contributed by atoms with van der Waals surface area (Å²) in [4.78, 5) is 19.4. The Bertz CT molecular complexity index is 489. The highest BCUT2D eigenvalue weighted by atomic mass is 16.5. The van der Waals surface area contributed by atoms with E-state index in [1.807, 2.05) is 4.90 Å². The van der Waals surface area contributed by atoms with Crippen LogP contribution in [0.2, 0.25) is 0 Å². The van der Waals surface area contributed by atoms with Gasteiger partial charge in [0.2, 0.25) is 5.91 Å². The monoisotopic (exact) mass is 394 g/mol. The number of amides is 1. The number of piperidine rings is 1. The van der Waals surface area contributed by atoms with Gasteiger partial charge in [-0.25, -0.2) is 0 Å². The first-order valence-electron chi connectivity index (χ1n) is 11.5. The van der Waals surface area contributed by atoms with Gasteiger partial charge in [-0.2, -0.15) is 0 Å². The lowest BCUT2D eigenvalue weighted by Gasteiger charge is -2.31. The molecule has 6 heteroatoms. The van der Waals surface area contributed by atoms with Crippen LogP contribution in [0.3, 0.4) is 0 Å². The SMILES string of the molecule is CCNC(=NCC1(CCOCC)CCCC1)NCCC(=O)N1CCCC(C)C1. The fraction of sp³-hybridized carbons (Fsp3) is 0.909. The molecule has 1 atom stereocenters. The number of rotatable bonds is 10. The Balaban J connectivity index is 1.81. The standard InChI is InChI=1S/C22H42N4O2/c1-4-23-21(24-14-10-20(27)26-15-8-9-19(3)17-26)25-18-22(11-6-7-12-22)13-16-28-5-2/h19H,4-18H2,1-3H3,(H2,23,24,25). The van der Waals surface area contributed by atoms with Crippen LogP contribution in [0.5, 0.6) is 0 Å². The molecule has 0 aromatic carbocycles. The molecule has 0 bridgehead atoms. The van der Waals surface area contributed by atoms with Gasteiger partial charge < -0.3 is 20.3 Å². The van der Waals surface area contributed by atoms with Gasteiger partial charge >= 0.3 is 0 Å². The third-order valence-corrected chi connectivity index (χ3v) is 6.20. The number of carbonyl (C=O) groups excluding carboxylic acids is 1. The number of nitrogens with one attached hydrogen (secondary N) is 2. The molecule has 1 aliphatic heterocycles. The Morgan fingerprint density at radius 1 is 1.21 bits per heavy atom. The van der Waals surface area contributed by atoms with E-state index < -0.39 is 0 Å². The Morgan fingerprint density at radius 3 is 2.68 bits per heavy atom. The summed E-state index contributed by atoms with van der Waals surface area (Å²) in [5.74, 6) is 1.73. The molecule has 0 spiro atoms. The maximum atomic E-state index is 12.5. The third kappa shape index (κ3) is 7.61. The minimum Gasteiger partial charge on any atom is -0.382 e. The molecule has 1 aliphatic carbocycles. The molecule has 1 amide bonds. The minimum absolute atomic E-state index is 0.263. The molecule has 2 aliphatic rings. The second-order valence-electron chi connectivity index (χ2n) is 8.61. The molecule has 2 N–H and O–H groups in total. The molecule has 0 aromatic heterocycles. The molecule has 1 saturated carbocycles. The van der Waals surface area contributed by atoms with Crippen LogP contribution < -0.4 is 10.6 Å². The second kappa shape index (κ2) is 12.3. The lowest BCUT2D eigenvalue weighted by atomic mass is 9.83. The van der Waals surface area contributed by atoms with Crippen LogP contribution in [-0.2, 0) is 9.53 Å². The van der Waals surface area contributed by atoms with Crippen molar-refractivity contribution in [2.45, 2.75) is 72.1 Å². The van der Waals surface area contributed by atoms with Crippen LogP contribution in [0.15, 0.2) is 4.99 Å². The third-order valence-electron chi connectivity index (χ3n) is 6.20. The summed E-state index contributed by atoms with van der Waals surface area (Å²) in [7, 11) is 0. The van der Waals surface area contributed by atoms with Crippen molar-refractivity contribution < 1.29 is 9.53 Å². The highest BCUT2D eigenvalue weighted by Gasteiger charge is 2.33. The molecule has 0 aromatic rings. The summed E-state index contributed by atoms with van der Waals surface area (Å²) in [6.07, 6.45) is 9.09. The summed E-state index contributed by atoms with van der Waals surface area (Å²) >= 11 is 0. The van der Waals surface area contributed by atoms with Crippen LogP contribution >= 0.6 is 0 Å². The second-order valence-corrected chi connectivity index (χ2v) is 8.61. The van der Waals surface area contributed by atoms with E-state index >= 15 is 0 Å². The highest BCUT2D eigenvalue weighted by molar-refractivity contribution is 5.81. The minimum atomic E-state index is 0.263. The largest absolute Gasteiger partial charge is 0.382 e. The quantitative estimate of drug-likeness (QED) is 0.339. The number of aliphatic imine (C=N–C) groups is 1. The first-order valence-corrected chi connectivity index (χ1v) is 11.5. The van der Waals surface area contributed by atoms with Gasteiger partial charge in [0.25, 0.3) is 0 Å². The van der Waals surface area contributed by atoms with E-state index in [9.17, 15) is 4.79 Å².